The molecule has 1 aliphatic rings. The fourth-order valence-corrected chi connectivity index (χ4v) is 1.71. The predicted molar refractivity (Wildman–Crippen MR) is 50.2 cm³/mol. The van der Waals surface area contributed by atoms with E-state index in [4.69, 9.17) is 0 Å². The van der Waals surface area contributed by atoms with Crippen molar-refractivity contribution in [1.29, 1.82) is 0 Å². The number of hydrogen-bond donors (Lipinski definition) is 0. The second-order valence-corrected chi connectivity index (χ2v) is 3.75. The first-order valence-corrected chi connectivity index (χ1v) is 4.99. The van der Waals surface area contributed by atoms with Gasteiger partial charge in [-0.1, -0.05) is 19.8 Å². The Hall–Kier alpha value is -0.370. The molecule has 1 aliphatic heterocycles. The van der Waals surface area contributed by atoms with E-state index in [-0.39, 0.29) is 0 Å². The van der Waals surface area contributed by atoms with Crippen LogP contribution in [0.3, 0.4) is 0 Å². The van der Waals surface area contributed by atoms with Gasteiger partial charge in [0.25, 0.3) is 0 Å². The van der Waals surface area contributed by atoms with Gasteiger partial charge in [0.1, 0.15) is 5.78 Å². The lowest BCUT2D eigenvalue weighted by Crippen LogP contribution is -2.30. The van der Waals surface area contributed by atoms with Crippen LogP contribution >= 0.6 is 0 Å². The maximum Gasteiger partial charge on any atom is 0.148 e. The molecule has 1 rings (SSSR count). The highest BCUT2D eigenvalue weighted by atomic mass is 16.1. The molecule has 0 bridgehead atoms. The van der Waals surface area contributed by atoms with Crippen LogP contribution in [0.2, 0.25) is 0 Å². The van der Waals surface area contributed by atoms with E-state index in [1.54, 1.807) is 0 Å². The van der Waals surface area contributed by atoms with Gasteiger partial charge in [-0.05, 0) is 13.3 Å². The third kappa shape index (κ3) is 2.59. The second-order valence-electron chi connectivity index (χ2n) is 3.75. The van der Waals surface area contributed by atoms with Gasteiger partial charge >= 0.3 is 0 Å². The summed E-state index contributed by atoms with van der Waals surface area (Å²) in [5.74, 6) is 0.415. The maximum atomic E-state index is 11.0. The molecule has 1 heterocycles. The molecule has 1 saturated heterocycles. The van der Waals surface area contributed by atoms with Crippen molar-refractivity contribution in [2.45, 2.75) is 45.6 Å². The summed E-state index contributed by atoms with van der Waals surface area (Å²) >= 11 is 0. The zero-order chi connectivity index (χ0) is 8.97. The van der Waals surface area contributed by atoms with Gasteiger partial charge in [0.2, 0.25) is 0 Å². The molecule has 0 saturated carbocycles. The second kappa shape index (κ2) is 4.61. The number of hydrogen-bond acceptors (Lipinski definition) is 2. The molecule has 1 fully saturated rings. The molecule has 0 aromatic carbocycles. The van der Waals surface area contributed by atoms with Crippen LogP contribution in [0.4, 0.5) is 0 Å². The van der Waals surface area contributed by atoms with Gasteiger partial charge in [-0.15, -0.1) is 0 Å². The summed E-state index contributed by atoms with van der Waals surface area (Å²) in [6.45, 7) is 6.13. The Morgan fingerprint density at radius 1 is 1.58 bits per heavy atom. The van der Waals surface area contributed by atoms with Gasteiger partial charge in [0.05, 0.1) is 6.54 Å². The molecule has 0 aliphatic carbocycles. The average Bonchev–Trinajstić information content (AvgIpc) is 2.47. The van der Waals surface area contributed by atoms with Crippen LogP contribution in [0, 0.1) is 0 Å². The molecule has 0 N–H and O–H groups in total. The Bertz CT molecular complexity index is 156. The van der Waals surface area contributed by atoms with Crippen molar-refractivity contribution in [3.8, 4) is 0 Å². The van der Waals surface area contributed by atoms with Crippen LogP contribution < -0.4 is 0 Å². The van der Waals surface area contributed by atoms with Crippen molar-refractivity contribution in [2.24, 2.45) is 0 Å². The fraction of sp³-hybridized carbons (Fsp3) is 0.900. The van der Waals surface area contributed by atoms with Gasteiger partial charge in [0.15, 0.2) is 0 Å². The molecule has 70 valence electrons. The number of nitrogens with zero attached hydrogens (tertiary/aromatic N) is 1. The van der Waals surface area contributed by atoms with E-state index in [1.807, 2.05) is 0 Å². The Kier molecular flexibility index (Phi) is 3.73. The minimum Gasteiger partial charge on any atom is -0.298 e. The van der Waals surface area contributed by atoms with E-state index in [1.165, 1.54) is 19.3 Å². The van der Waals surface area contributed by atoms with E-state index in [0.717, 1.165) is 13.0 Å². The molecule has 0 aromatic heterocycles. The molecular formula is C10H19NO. The van der Waals surface area contributed by atoms with Gasteiger partial charge in [0, 0.05) is 19.0 Å². The van der Waals surface area contributed by atoms with E-state index in [0.29, 0.717) is 18.4 Å². The van der Waals surface area contributed by atoms with Crippen molar-refractivity contribution >= 4 is 5.78 Å². The molecular weight excluding hydrogens is 150 g/mol. The topological polar surface area (TPSA) is 20.3 Å². The van der Waals surface area contributed by atoms with Crippen LogP contribution in [-0.4, -0.2) is 29.8 Å². The summed E-state index contributed by atoms with van der Waals surface area (Å²) in [5.41, 5.74) is 0. The summed E-state index contributed by atoms with van der Waals surface area (Å²) in [6.07, 6.45) is 4.55. The predicted octanol–water partition coefficient (Wildman–Crippen LogP) is 1.84. The first kappa shape index (κ1) is 9.72. The molecule has 0 spiro atoms. The van der Waals surface area contributed by atoms with Crippen LogP contribution in [-0.2, 0) is 4.79 Å². The minimum atomic E-state index is 0.415. The molecule has 2 heteroatoms. The largest absolute Gasteiger partial charge is 0.298 e. The Balaban J connectivity index is 2.23. The Labute approximate surface area is 74.9 Å². The number of carbonyl (C=O) groups excluding carboxylic acids is 1. The van der Waals surface area contributed by atoms with Crippen LogP contribution in [0.25, 0.3) is 0 Å². The van der Waals surface area contributed by atoms with Crippen molar-refractivity contribution in [3.63, 3.8) is 0 Å². The fourth-order valence-electron chi connectivity index (χ4n) is 1.71. The molecule has 0 aromatic rings. The summed E-state index contributed by atoms with van der Waals surface area (Å²) in [4.78, 5) is 13.3. The number of unbranched alkanes of at least 4 members (excludes halogenated alkanes) is 1. The molecule has 0 radical (unpaired) electrons. The van der Waals surface area contributed by atoms with Gasteiger partial charge in [-0.25, -0.2) is 0 Å². The third-order valence-electron chi connectivity index (χ3n) is 2.66. The summed E-state index contributed by atoms with van der Waals surface area (Å²) in [6, 6.07) is 0.608. The smallest absolute Gasteiger partial charge is 0.148 e. The summed E-state index contributed by atoms with van der Waals surface area (Å²) in [7, 11) is 0. The number of ketones is 1. The highest BCUT2D eigenvalue weighted by molar-refractivity contribution is 5.82. The lowest BCUT2D eigenvalue weighted by Gasteiger charge is -2.22. The number of carbonyl (C=O) groups is 1. The Morgan fingerprint density at radius 3 is 2.83 bits per heavy atom. The summed E-state index contributed by atoms with van der Waals surface area (Å²) < 4.78 is 0. The standard InChI is InChI=1S/C10H19NO/c1-3-4-5-9(2)11-7-6-10(12)8-11/h9H,3-8H2,1-2H3. The van der Waals surface area contributed by atoms with E-state index >= 15 is 0 Å². The minimum absolute atomic E-state index is 0.415. The average molecular weight is 169 g/mol. The van der Waals surface area contributed by atoms with Crippen LogP contribution in [0.5, 0.6) is 0 Å². The van der Waals surface area contributed by atoms with E-state index in [2.05, 4.69) is 18.7 Å². The molecule has 0 amide bonds. The lowest BCUT2D eigenvalue weighted by molar-refractivity contribution is -0.117. The van der Waals surface area contributed by atoms with Crippen molar-refractivity contribution in [1.82, 2.24) is 4.90 Å². The zero-order valence-corrected chi connectivity index (χ0v) is 8.18. The van der Waals surface area contributed by atoms with E-state index in [9.17, 15) is 4.79 Å². The van der Waals surface area contributed by atoms with Gasteiger partial charge in [-0.2, -0.15) is 0 Å². The SMILES string of the molecule is CCCCC(C)N1CCC(=O)C1. The maximum absolute atomic E-state index is 11.0. The Morgan fingerprint density at radius 2 is 2.33 bits per heavy atom. The highest BCUT2D eigenvalue weighted by Crippen LogP contribution is 2.13. The first-order chi connectivity index (χ1) is 5.74. The first-order valence-electron chi connectivity index (χ1n) is 4.99. The van der Waals surface area contributed by atoms with E-state index < -0.39 is 0 Å². The van der Waals surface area contributed by atoms with Crippen LogP contribution in [0.1, 0.15) is 39.5 Å². The number of Topliss-reactive ketones (excluding diaryl/α,β-unsaturated/α-hetero) is 1. The molecule has 12 heavy (non-hydrogen) atoms. The normalized spacial score (nSPS) is 21.7. The zero-order valence-electron chi connectivity index (χ0n) is 8.18. The van der Waals surface area contributed by atoms with Gasteiger partial charge < -0.3 is 0 Å². The number of likely N-dealkylation sites (tertiary alicyclic amines) is 1. The third-order valence-corrected chi connectivity index (χ3v) is 2.66. The monoisotopic (exact) mass is 169 g/mol. The number of rotatable bonds is 4. The van der Waals surface area contributed by atoms with Crippen molar-refractivity contribution in [3.05, 3.63) is 0 Å². The van der Waals surface area contributed by atoms with Crippen molar-refractivity contribution < 1.29 is 4.79 Å². The molecule has 2 nitrogen and oxygen atoms in total. The molecule has 1 unspecified atom stereocenters. The summed E-state index contributed by atoms with van der Waals surface area (Å²) in [5, 5.41) is 0. The quantitative estimate of drug-likeness (QED) is 0.640. The van der Waals surface area contributed by atoms with Crippen LogP contribution in [0.15, 0.2) is 0 Å². The van der Waals surface area contributed by atoms with Crippen molar-refractivity contribution in [2.75, 3.05) is 13.1 Å². The highest BCUT2D eigenvalue weighted by Gasteiger charge is 2.22. The molecule has 1 atom stereocenters. The van der Waals surface area contributed by atoms with Gasteiger partial charge in [-0.3, -0.25) is 9.69 Å². The lowest BCUT2D eigenvalue weighted by atomic mass is 10.1.